The van der Waals surface area contributed by atoms with Gasteiger partial charge in [0.05, 0.1) is 16.6 Å². The van der Waals surface area contributed by atoms with Gasteiger partial charge in [-0.25, -0.2) is 0 Å². The zero-order valence-corrected chi connectivity index (χ0v) is 10.3. The molecule has 0 radical (unpaired) electrons. The van der Waals surface area contributed by atoms with Gasteiger partial charge >= 0.3 is 0 Å². The van der Waals surface area contributed by atoms with E-state index in [1.165, 1.54) is 0 Å². The van der Waals surface area contributed by atoms with Crippen LogP contribution >= 0.6 is 11.6 Å². The van der Waals surface area contributed by atoms with Crippen molar-refractivity contribution >= 4 is 28.7 Å². The Balaban J connectivity index is 2.14. The molecule has 17 heavy (non-hydrogen) atoms. The highest BCUT2D eigenvalue weighted by Crippen LogP contribution is 2.17. The van der Waals surface area contributed by atoms with Gasteiger partial charge in [0.25, 0.3) is 0 Å². The molecule has 0 N–H and O–H groups in total. The molecule has 0 amide bonds. The molecule has 1 atom stereocenters. The molecule has 1 aromatic carbocycles. The van der Waals surface area contributed by atoms with E-state index in [0.29, 0.717) is 22.0 Å². The molecule has 5 heteroatoms. The monoisotopic (exact) mass is 268 g/mol. The van der Waals surface area contributed by atoms with E-state index in [1.54, 1.807) is 36.4 Å². The van der Waals surface area contributed by atoms with E-state index < -0.39 is 10.8 Å². The van der Waals surface area contributed by atoms with E-state index in [2.05, 4.69) is 0 Å². The van der Waals surface area contributed by atoms with Crippen LogP contribution in [0.2, 0.25) is 5.02 Å². The minimum absolute atomic E-state index is 0.230. The lowest BCUT2D eigenvalue weighted by atomic mass is 10.4. The Kier molecular flexibility index (Phi) is 3.76. The van der Waals surface area contributed by atoms with E-state index in [9.17, 15) is 9.00 Å². The number of hydrogen-bond donors (Lipinski definition) is 0. The van der Waals surface area contributed by atoms with Gasteiger partial charge in [0.15, 0.2) is 12.0 Å². The molecule has 88 valence electrons. The van der Waals surface area contributed by atoms with E-state index in [0.717, 1.165) is 0 Å². The summed E-state index contributed by atoms with van der Waals surface area (Å²) in [6.45, 7) is 0. The summed E-state index contributed by atoms with van der Waals surface area (Å²) in [6.07, 6.45) is 0.617. The molecule has 0 saturated carbocycles. The third-order valence-electron chi connectivity index (χ3n) is 2.13. The van der Waals surface area contributed by atoms with Gasteiger partial charge < -0.3 is 4.42 Å². The second-order valence-electron chi connectivity index (χ2n) is 3.37. The smallest absolute Gasteiger partial charge is 0.185 e. The minimum Gasteiger partial charge on any atom is -0.457 e. The Morgan fingerprint density at radius 2 is 2.12 bits per heavy atom. The predicted octanol–water partition coefficient (Wildman–Crippen LogP) is 3.05. The van der Waals surface area contributed by atoms with Crippen molar-refractivity contribution in [2.75, 3.05) is 0 Å². The number of rotatable bonds is 4. The fraction of sp³-hybridized carbons (Fsp3) is 0.0833. The molecule has 0 spiro atoms. The molecular weight excluding hydrogens is 260 g/mol. The molecule has 0 bridgehead atoms. The summed E-state index contributed by atoms with van der Waals surface area (Å²) in [5.41, 5.74) is 0. The maximum atomic E-state index is 12.0. The first-order valence-electron chi connectivity index (χ1n) is 4.87. The van der Waals surface area contributed by atoms with Gasteiger partial charge in [0.2, 0.25) is 0 Å². The van der Waals surface area contributed by atoms with Gasteiger partial charge in [-0.3, -0.25) is 9.00 Å². The van der Waals surface area contributed by atoms with Crippen molar-refractivity contribution < 1.29 is 13.4 Å². The Bertz CT molecular complexity index is 562. The molecule has 0 fully saturated rings. The summed E-state index contributed by atoms with van der Waals surface area (Å²) < 4.78 is 17.1. The molecule has 1 aromatic heterocycles. The molecule has 0 aliphatic carbocycles. The fourth-order valence-electron chi connectivity index (χ4n) is 1.36. The van der Waals surface area contributed by atoms with E-state index >= 15 is 0 Å². The van der Waals surface area contributed by atoms with Crippen molar-refractivity contribution in [3.63, 3.8) is 0 Å². The van der Waals surface area contributed by atoms with Crippen molar-refractivity contribution in [2.45, 2.75) is 10.6 Å². The third kappa shape index (κ3) is 3.05. The highest BCUT2D eigenvalue weighted by molar-refractivity contribution is 7.84. The van der Waals surface area contributed by atoms with Crippen LogP contribution in [0.4, 0.5) is 0 Å². The number of halogens is 1. The van der Waals surface area contributed by atoms with Crippen LogP contribution in [-0.4, -0.2) is 10.5 Å². The summed E-state index contributed by atoms with van der Waals surface area (Å²) in [5, 5.41) is 0.545. The zero-order valence-electron chi connectivity index (χ0n) is 8.76. The molecule has 1 heterocycles. The SMILES string of the molecule is O=Cc1ccc(CS(=O)c2cccc(Cl)c2)o1. The summed E-state index contributed by atoms with van der Waals surface area (Å²) >= 11 is 5.81. The Hall–Kier alpha value is -1.39. The quantitative estimate of drug-likeness (QED) is 0.801. The summed E-state index contributed by atoms with van der Waals surface area (Å²) in [6, 6.07) is 10.1. The maximum absolute atomic E-state index is 12.0. The van der Waals surface area contributed by atoms with Gasteiger partial charge in [0, 0.05) is 9.92 Å². The normalized spacial score (nSPS) is 12.3. The fourth-order valence-corrected chi connectivity index (χ4v) is 2.68. The maximum Gasteiger partial charge on any atom is 0.185 e. The lowest BCUT2D eigenvalue weighted by Crippen LogP contribution is -1.95. The van der Waals surface area contributed by atoms with Crippen molar-refractivity contribution in [3.8, 4) is 0 Å². The number of hydrogen-bond acceptors (Lipinski definition) is 3. The molecule has 0 aliphatic heterocycles. The highest BCUT2D eigenvalue weighted by Gasteiger charge is 2.09. The van der Waals surface area contributed by atoms with Crippen LogP contribution in [0.3, 0.4) is 0 Å². The Morgan fingerprint density at radius 1 is 1.29 bits per heavy atom. The summed E-state index contributed by atoms with van der Waals surface area (Å²) in [7, 11) is -1.23. The van der Waals surface area contributed by atoms with Crippen LogP contribution in [0.1, 0.15) is 16.3 Å². The van der Waals surface area contributed by atoms with Crippen LogP contribution in [0, 0.1) is 0 Å². The molecule has 1 unspecified atom stereocenters. The average Bonchev–Trinajstić information content (AvgIpc) is 2.77. The molecule has 3 nitrogen and oxygen atoms in total. The highest BCUT2D eigenvalue weighted by atomic mass is 35.5. The number of furan rings is 1. The number of benzene rings is 1. The van der Waals surface area contributed by atoms with E-state index in [-0.39, 0.29) is 11.5 Å². The van der Waals surface area contributed by atoms with Gasteiger partial charge in [-0.15, -0.1) is 0 Å². The molecule has 2 rings (SSSR count). The second kappa shape index (κ2) is 5.29. The number of carbonyl (C=O) groups is 1. The van der Waals surface area contributed by atoms with Crippen LogP contribution < -0.4 is 0 Å². The zero-order chi connectivity index (χ0) is 12.3. The van der Waals surface area contributed by atoms with Gasteiger partial charge in [-0.05, 0) is 30.3 Å². The van der Waals surface area contributed by atoms with Crippen LogP contribution in [0.15, 0.2) is 45.7 Å². The van der Waals surface area contributed by atoms with Crippen molar-refractivity contribution in [1.29, 1.82) is 0 Å². The lowest BCUT2D eigenvalue weighted by molar-refractivity contribution is 0.109. The Morgan fingerprint density at radius 3 is 2.76 bits per heavy atom. The molecule has 2 aromatic rings. The number of aldehydes is 1. The standard InChI is InChI=1S/C12H9ClO3S/c13-9-2-1-3-12(6-9)17(15)8-11-5-4-10(7-14)16-11/h1-7H,8H2. The summed E-state index contributed by atoms with van der Waals surface area (Å²) in [5.74, 6) is 0.988. The first-order chi connectivity index (χ1) is 8.19. The van der Waals surface area contributed by atoms with Crippen LogP contribution in [-0.2, 0) is 16.6 Å². The van der Waals surface area contributed by atoms with Crippen LogP contribution in [0.25, 0.3) is 0 Å². The third-order valence-corrected chi connectivity index (χ3v) is 3.69. The molecular formula is C12H9ClO3S. The first-order valence-corrected chi connectivity index (χ1v) is 6.56. The van der Waals surface area contributed by atoms with Gasteiger partial charge in [0.1, 0.15) is 5.76 Å². The summed E-state index contributed by atoms with van der Waals surface area (Å²) in [4.78, 5) is 11.1. The van der Waals surface area contributed by atoms with Crippen molar-refractivity contribution in [2.24, 2.45) is 0 Å². The predicted molar refractivity (Wildman–Crippen MR) is 65.7 cm³/mol. The lowest BCUT2D eigenvalue weighted by Gasteiger charge is -2.00. The Labute approximate surface area is 106 Å². The number of carbonyl (C=O) groups excluding carboxylic acids is 1. The van der Waals surface area contributed by atoms with E-state index in [4.69, 9.17) is 16.0 Å². The second-order valence-corrected chi connectivity index (χ2v) is 5.26. The van der Waals surface area contributed by atoms with Gasteiger partial charge in [-0.1, -0.05) is 17.7 Å². The largest absolute Gasteiger partial charge is 0.457 e. The van der Waals surface area contributed by atoms with Crippen molar-refractivity contribution in [1.82, 2.24) is 0 Å². The molecule has 0 aliphatic rings. The molecule has 0 saturated heterocycles. The minimum atomic E-state index is -1.23. The topological polar surface area (TPSA) is 47.3 Å². The van der Waals surface area contributed by atoms with E-state index in [1.807, 2.05) is 0 Å². The van der Waals surface area contributed by atoms with Gasteiger partial charge in [-0.2, -0.15) is 0 Å². The van der Waals surface area contributed by atoms with Crippen LogP contribution in [0.5, 0.6) is 0 Å². The first kappa shape index (κ1) is 12.1. The average molecular weight is 269 g/mol. The van der Waals surface area contributed by atoms with Crippen molar-refractivity contribution in [3.05, 3.63) is 52.9 Å².